The summed E-state index contributed by atoms with van der Waals surface area (Å²) in [7, 11) is 0.274. The molecule has 0 bridgehead atoms. The second-order valence-electron chi connectivity index (χ2n) is 7.89. The van der Waals surface area contributed by atoms with Gasteiger partial charge in [-0.2, -0.15) is 0 Å². The van der Waals surface area contributed by atoms with Crippen LogP contribution in [0.25, 0.3) is 0 Å². The van der Waals surface area contributed by atoms with E-state index >= 15 is 0 Å². The number of aryl methyl sites for hydroxylation is 2. The quantitative estimate of drug-likeness (QED) is 0.360. The van der Waals surface area contributed by atoms with Gasteiger partial charge in [0.25, 0.3) is 0 Å². The van der Waals surface area contributed by atoms with Crippen LogP contribution in [0, 0.1) is 13.8 Å². The van der Waals surface area contributed by atoms with Crippen molar-refractivity contribution in [2.75, 3.05) is 49.5 Å². The van der Waals surface area contributed by atoms with Gasteiger partial charge in [-0.3, -0.25) is 0 Å². The zero-order valence-corrected chi connectivity index (χ0v) is 22.4. The van der Waals surface area contributed by atoms with Crippen molar-refractivity contribution in [2.45, 2.75) is 27.7 Å². The molecule has 0 saturated carbocycles. The normalized spacial score (nSPS) is 11.6. The van der Waals surface area contributed by atoms with Gasteiger partial charge in [0.1, 0.15) is 0 Å². The zero-order valence-electron chi connectivity index (χ0n) is 19.7. The van der Waals surface area contributed by atoms with Crippen LogP contribution in [0.2, 0.25) is 0 Å². The first-order valence-corrected chi connectivity index (χ1v) is 15.1. The number of anilines is 2. The van der Waals surface area contributed by atoms with Crippen LogP contribution in [0.3, 0.4) is 0 Å². The van der Waals surface area contributed by atoms with Crippen molar-refractivity contribution in [3.05, 3.63) is 31.6 Å². The molecule has 182 valence electrons. The number of carbonyl (C=O) groups is 4. The Hall–Kier alpha value is -2.29. The number of ether oxygens (including phenoxy) is 2. The Morgan fingerprint density at radius 3 is 1.45 bits per heavy atom. The molecule has 0 aromatic carbocycles. The van der Waals surface area contributed by atoms with Crippen molar-refractivity contribution in [1.29, 1.82) is 0 Å². The minimum atomic E-state index is -2.33. The molecular formula is C22H31N2O6PS2. The van der Waals surface area contributed by atoms with Gasteiger partial charge in [-0.1, -0.05) is 0 Å². The fourth-order valence-electron chi connectivity index (χ4n) is 3.55. The van der Waals surface area contributed by atoms with Gasteiger partial charge in [-0.25, -0.2) is 0 Å². The molecule has 0 unspecified atom stereocenters. The van der Waals surface area contributed by atoms with E-state index in [2.05, 4.69) is 10.6 Å². The van der Waals surface area contributed by atoms with E-state index in [0.717, 1.165) is 23.5 Å². The standard InChI is InChI=1S/C22H31N2O6PS2/c1-7-31(8-2,9-15(25)23-17-13(3)11-32-19(17)21(27)29-5)10-16(26)24-18-14(4)12-33-20(18)22(28)30-6/h11-12,31H,7-10H2,1-6H3,(H,23,25)(H,24,26). The molecule has 2 heterocycles. The van der Waals surface area contributed by atoms with Crippen LogP contribution < -0.4 is 10.6 Å². The van der Waals surface area contributed by atoms with Crippen molar-refractivity contribution >= 4 is 65.1 Å². The van der Waals surface area contributed by atoms with E-state index in [1.807, 2.05) is 27.7 Å². The van der Waals surface area contributed by atoms with Gasteiger partial charge in [0.05, 0.1) is 0 Å². The van der Waals surface area contributed by atoms with Crippen LogP contribution in [0.4, 0.5) is 11.4 Å². The maximum atomic E-state index is 13.0. The van der Waals surface area contributed by atoms with Crippen molar-refractivity contribution < 1.29 is 28.7 Å². The Morgan fingerprint density at radius 1 is 0.788 bits per heavy atom. The monoisotopic (exact) mass is 514 g/mol. The maximum absolute atomic E-state index is 13.0. The number of carbonyl (C=O) groups excluding carboxylic acids is 4. The van der Waals surface area contributed by atoms with Crippen LogP contribution in [-0.4, -0.2) is 62.6 Å². The van der Waals surface area contributed by atoms with Gasteiger partial charge in [-0.15, -0.1) is 0 Å². The molecule has 0 aliphatic carbocycles. The number of thiophene rings is 2. The van der Waals surface area contributed by atoms with Crippen molar-refractivity contribution in [1.82, 2.24) is 0 Å². The van der Waals surface area contributed by atoms with Gasteiger partial charge in [0.2, 0.25) is 0 Å². The zero-order chi connectivity index (χ0) is 24.8. The number of hydrogen-bond donors (Lipinski definition) is 2. The predicted octanol–water partition coefficient (Wildman–Crippen LogP) is 4.37. The van der Waals surface area contributed by atoms with E-state index in [1.54, 1.807) is 10.8 Å². The molecule has 11 heteroatoms. The third-order valence-electron chi connectivity index (χ3n) is 5.79. The molecule has 33 heavy (non-hydrogen) atoms. The molecule has 0 aliphatic rings. The van der Waals surface area contributed by atoms with Crippen LogP contribution in [0.15, 0.2) is 10.8 Å². The van der Waals surface area contributed by atoms with E-state index in [9.17, 15) is 19.2 Å². The van der Waals surface area contributed by atoms with E-state index in [1.165, 1.54) is 36.9 Å². The average molecular weight is 515 g/mol. The number of methoxy groups -OCH3 is 2. The van der Waals surface area contributed by atoms with E-state index in [-0.39, 0.29) is 24.1 Å². The molecule has 0 atom stereocenters. The molecule has 0 saturated heterocycles. The number of amides is 2. The van der Waals surface area contributed by atoms with Gasteiger partial charge in [0, 0.05) is 0 Å². The molecule has 0 radical (unpaired) electrons. The van der Waals surface area contributed by atoms with Gasteiger partial charge in [-0.05, 0) is 0 Å². The molecule has 0 aliphatic heterocycles. The first-order chi connectivity index (χ1) is 15.6. The molecule has 8 nitrogen and oxygen atoms in total. The average Bonchev–Trinajstić information content (AvgIpc) is 3.34. The molecule has 0 spiro atoms. The third kappa shape index (κ3) is 6.40. The fourth-order valence-corrected chi connectivity index (χ4v) is 8.55. The topological polar surface area (TPSA) is 111 Å². The van der Waals surface area contributed by atoms with Crippen molar-refractivity contribution in [3.8, 4) is 0 Å². The van der Waals surface area contributed by atoms with E-state index in [0.29, 0.717) is 21.1 Å². The van der Waals surface area contributed by atoms with Gasteiger partial charge in [0.15, 0.2) is 0 Å². The Bertz CT molecular complexity index is 964. The second kappa shape index (κ2) is 11.7. The number of rotatable bonds is 10. The Balaban J connectivity index is 2.16. The SMILES string of the molecule is CC[PH](CC)(CC(=O)Nc1c(C)csc1C(=O)OC)CC(=O)Nc1c(C)csc1C(=O)OC. The summed E-state index contributed by atoms with van der Waals surface area (Å²) < 4.78 is 9.61. The summed E-state index contributed by atoms with van der Waals surface area (Å²) in [5, 5.41) is 9.33. The molecule has 2 aromatic heterocycles. The number of esters is 2. The molecule has 2 rings (SSSR count). The third-order valence-corrected chi connectivity index (χ3v) is 13.1. The molecular weight excluding hydrogens is 483 g/mol. The fraction of sp³-hybridized carbons (Fsp3) is 0.455. The summed E-state index contributed by atoms with van der Waals surface area (Å²) in [6.45, 7) is 7.64. The second-order valence-corrected chi connectivity index (χ2v) is 14.8. The molecule has 2 aromatic rings. The predicted molar refractivity (Wildman–Crippen MR) is 137 cm³/mol. The van der Waals surface area contributed by atoms with Crippen LogP contribution >= 0.6 is 29.9 Å². The van der Waals surface area contributed by atoms with Crippen molar-refractivity contribution in [3.63, 3.8) is 0 Å². The van der Waals surface area contributed by atoms with Crippen LogP contribution in [-0.2, 0) is 19.1 Å². The Morgan fingerprint density at radius 2 is 1.15 bits per heavy atom. The van der Waals surface area contributed by atoms with Gasteiger partial charge >= 0.3 is 203 Å². The summed E-state index contributed by atoms with van der Waals surface area (Å²) in [4.78, 5) is 50.7. The number of nitrogens with one attached hydrogen (secondary N) is 2. The summed E-state index contributed by atoms with van der Waals surface area (Å²) in [6.07, 6.45) is 1.97. The number of hydrogen-bond acceptors (Lipinski definition) is 8. The minimum absolute atomic E-state index is 0.216. The molecule has 0 fully saturated rings. The van der Waals surface area contributed by atoms with E-state index in [4.69, 9.17) is 9.47 Å². The molecule has 2 amide bonds. The van der Waals surface area contributed by atoms with Gasteiger partial charge < -0.3 is 0 Å². The first-order valence-electron chi connectivity index (χ1n) is 10.5. The summed E-state index contributed by atoms with van der Waals surface area (Å²) >= 11 is 2.44. The summed E-state index contributed by atoms with van der Waals surface area (Å²) in [6, 6.07) is 0. The Kier molecular flexibility index (Phi) is 9.57. The summed E-state index contributed by atoms with van der Waals surface area (Å²) in [5.41, 5.74) is 2.51. The van der Waals surface area contributed by atoms with Crippen molar-refractivity contribution in [2.24, 2.45) is 0 Å². The first kappa shape index (κ1) is 27.0. The van der Waals surface area contributed by atoms with Crippen LogP contribution in [0.5, 0.6) is 0 Å². The van der Waals surface area contributed by atoms with Crippen LogP contribution in [0.1, 0.15) is 44.3 Å². The van der Waals surface area contributed by atoms with E-state index < -0.39 is 19.2 Å². The molecule has 2 N–H and O–H groups in total. The summed E-state index contributed by atoms with van der Waals surface area (Å²) in [5.74, 6) is -1.42. The Labute approximate surface area is 202 Å².